The van der Waals surface area contributed by atoms with Crippen molar-refractivity contribution < 1.29 is 28.6 Å². The Bertz CT molecular complexity index is 1030. The predicted molar refractivity (Wildman–Crippen MR) is 298 cm³/mol. The van der Waals surface area contributed by atoms with Crippen LogP contribution in [0.4, 0.5) is 0 Å². The van der Waals surface area contributed by atoms with E-state index in [-0.39, 0.29) is 31.1 Å². The molecule has 0 saturated carbocycles. The number of unbranched alkanes of at least 4 members (excludes halogenated alkanes) is 48. The molecule has 0 aromatic carbocycles. The van der Waals surface area contributed by atoms with Gasteiger partial charge in [0.2, 0.25) is 0 Å². The zero-order valence-electron chi connectivity index (χ0n) is 47.1. The summed E-state index contributed by atoms with van der Waals surface area (Å²) in [5.74, 6) is -0.830. The van der Waals surface area contributed by atoms with E-state index in [2.05, 4.69) is 20.8 Å². The van der Waals surface area contributed by atoms with Crippen molar-refractivity contribution in [3.63, 3.8) is 0 Å². The third-order valence-corrected chi connectivity index (χ3v) is 14.6. The van der Waals surface area contributed by atoms with E-state index in [1.807, 2.05) is 0 Å². The van der Waals surface area contributed by atoms with Gasteiger partial charge in [0.05, 0.1) is 0 Å². The molecule has 0 N–H and O–H groups in total. The number of esters is 3. The minimum Gasteiger partial charge on any atom is -0.462 e. The van der Waals surface area contributed by atoms with Crippen molar-refractivity contribution in [2.45, 2.75) is 374 Å². The molecule has 1 atom stereocenters. The smallest absolute Gasteiger partial charge is 0.306 e. The van der Waals surface area contributed by atoms with Gasteiger partial charge in [0.15, 0.2) is 6.10 Å². The topological polar surface area (TPSA) is 78.9 Å². The normalized spacial score (nSPS) is 11.9. The average Bonchev–Trinajstić information content (AvgIpc) is 3.35. The summed E-state index contributed by atoms with van der Waals surface area (Å²) in [5.41, 5.74) is 0. The zero-order valence-corrected chi connectivity index (χ0v) is 47.1. The molecule has 0 aliphatic rings. The van der Waals surface area contributed by atoms with E-state index in [0.29, 0.717) is 19.3 Å². The summed E-state index contributed by atoms with van der Waals surface area (Å²) in [6.45, 7) is 6.71. The lowest BCUT2D eigenvalue weighted by atomic mass is 10.0. The van der Waals surface area contributed by atoms with E-state index in [9.17, 15) is 14.4 Å². The fourth-order valence-electron chi connectivity index (χ4n) is 9.86. The number of hydrogen-bond donors (Lipinski definition) is 0. The molecule has 0 aliphatic carbocycles. The molecule has 0 aliphatic heterocycles. The van der Waals surface area contributed by atoms with Gasteiger partial charge < -0.3 is 14.2 Å². The van der Waals surface area contributed by atoms with Gasteiger partial charge in [0.25, 0.3) is 0 Å². The van der Waals surface area contributed by atoms with Gasteiger partial charge in [0, 0.05) is 19.3 Å². The Morgan fingerprint density at radius 1 is 0.232 bits per heavy atom. The summed E-state index contributed by atoms with van der Waals surface area (Å²) in [4.78, 5) is 38.2. The van der Waals surface area contributed by atoms with Gasteiger partial charge in [-0.05, 0) is 19.3 Å². The maximum Gasteiger partial charge on any atom is 0.306 e. The lowest BCUT2D eigenvalue weighted by molar-refractivity contribution is -0.167. The van der Waals surface area contributed by atoms with Crippen LogP contribution in [0.1, 0.15) is 367 Å². The van der Waals surface area contributed by atoms with Gasteiger partial charge in [-0.15, -0.1) is 0 Å². The number of ether oxygens (including phenoxy) is 3. The Balaban J connectivity index is 4.18. The highest BCUT2D eigenvalue weighted by Crippen LogP contribution is 2.18. The molecule has 0 fully saturated rings. The summed E-state index contributed by atoms with van der Waals surface area (Å²) < 4.78 is 16.9. The third-order valence-electron chi connectivity index (χ3n) is 14.6. The second kappa shape index (κ2) is 59.0. The molecule has 1 unspecified atom stereocenters. The highest BCUT2D eigenvalue weighted by Gasteiger charge is 2.19. The molecule has 0 bridgehead atoms. The number of hydrogen-bond acceptors (Lipinski definition) is 6. The molecule has 0 heterocycles. The summed E-state index contributed by atoms with van der Waals surface area (Å²) >= 11 is 0. The van der Waals surface area contributed by atoms with Crippen molar-refractivity contribution in [2.75, 3.05) is 13.2 Å². The van der Waals surface area contributed by atoms with Gasteiger partial charge in [-0.25, -0.2) is 0 Å². The molecule has 0 aromatic rings. The van der Waals surface area contributed by atoms with Gasteiger partial charge in [-0.2, -0.15) is 0 Å². The highest BCUT2D eigenvalue weighted by molar-refractivity contribution is 5.71. The number of carbonyl (C=O) groups is 3. The molecule has 0 radical (unpaired) electrons. The maximum atomic E-state index is 12.9. The SMILES string of the molecule is CCCCCCCCCCCCCCCCCCCCCCCC(=O)OCC(COC(=O)CCCCCCCCCCCC)OC(=O)CCCCCCCCCCCCCCCCCCCCCC. The van der Waals surface area contributed by atoms with Crippen molar-refractivity contribution in [3.8, 4) is 0 Å². The second-order valence-electron chi connectivity index (χ2n) is 21.7. The largest absolute Gasteiger partial charge is 0.462 e. The fraction of sp³-hybridized carbons (Fsp3) is 0.952. The van der Waals surface area contributed by atoms with Crippen LogP contribution >= 0.6 is 0 Å². The molecule has 6 nitrogen and oxygen atoms in total. The molecular formula is C63H122O6. The van der Waals surface area contributed by atoms with Gasteiger partial charge >= 0.3 is 17.9 Å². The van der Waals surface area contributed by atoms with Crippen LogP contribution in [-0.2, 0) is 28.6 Å². The molecule has 0 spiro atoms. The molecule has 0 aromatic heterocycles. The summed E-state index contributed by atoms with van der Waals surface area (Å²) in [7, 11) is 0. The first-order valence-electron chi connectivity index (χ1n) is 31.5. The Morgan fingerprint density at radius 3 is 0.580 bits per heavy atom. The van der Waals surface area contributed by atoms with Crippen LogP contribution in [0.3, 0.4) is 0 Å². The maximum absolute atomic E-state index is 12.9. The van der Waals surface area contributed by atoms with E-state index in [4.69, 9.17) is 14.2 Å². The second-order valence-corrected chi connectivity index (χ2v) is 21.7. The van der Waals surface area contributed by atoms with Gasteiger partial charge in [-0.3, -0.25) is 14.4 Å². The van der Waals surface area contributed by atoms with E-state index < -0.39 is 6.10 Å². The average molecular weight is 976 g/mol. The molecule has 410 valence electrons. The minimum atomic E-state index is -0.761. The monoisotopic (exact) mass is 975 g/mol. The lowest BCUT2D eigenvalue weighted by Gasteiger charge is -2.18. The van der Waals surface area contributed by atoms with Crippen LogP contribution < -0.4 is 0 Å². The highest BCUT2D eigenvalue weighted by atomic mass is 16.6. The third kappa shape index (κ3) is 57.2. The Kier molecular flexibility index (Phi) is 57.6. The quantitative estimate of drug-likeness (QED) is 0.0343. The molecule has 0 saturated heterocycles. The van der Waals surface area contributed by atoms with Crippen molar-refractivity contribution >= 4 is 17.9 Å². The van der Waals surface area contributed by atoms with E-state index in [1.165, 1.54) is 270 Å². The summed E-state index contributed by atoms with van der Waals surface area (Å²) in [5, 5.41) is 0. The molecule has 0 rings (SSSR count). The van der Waals surface area contributed by atoms with Crippen LogP contribution in [0.15, 0.2) is 0 Å². The van der Waals surface area contributed by atoms with Crippen LogP contribution in [0.5, 0.6) is 0 Å². The van der Waals surface area contributed by atoms with Crippen molar-refractivity contribution in [3.05, 3.63) is 0 Å². The van der Waals surface area contributed by atoms with Crippen LogP contribution in [0, 0.1) is 0 Å². The Morgan fingerprint density at radius 2 is 0.391 bits per heavy atom. The van der Waals surface area contributed by atoms with Crippen LogP contribution in [0.25, 0.3) is 0 Å². The van der Waals surface area contributed by atoms with Gasteiger partial charge in [0.1, 0.15) is 13.2 Å². The molecular weight excluding hydrogens is 853 g/mol. The Hall–Kier alpha value is -1.59. The first-order valence-corrected chi connectivity index (χ1v) is 31.5. The first kappa shape index (κ1) is 67.4. The van der Waals surface area contributed by atoms with Gasteiger partial charge in [-0.1, -0.05) is 329 Å². The minimum absolute atomic E-state index is 0.0609. The predicted octanol–water partition coefficient (Wildman–Crippen LogP) is 21.1. The molecule has 0 amide bonds. The first-order chi connectivity index (χ1) is 34.0. The fourth-order valence-corrected chi connectivity index (χ4v) is 9.86. The standard InChI is InChI=1S/C63H122O6/c1-4-7-10-13-16-19-22-24-26-28-30-32-34-35-37-39-41-44-47-50-53-56-62(65)68-59-60(58-67-61(64)55-52-49-46-43-21-18-15-12-9-6-3)69-63(66)57-54-51-48-45-42-40-38-36-33-31-29-27-25-23-20-17-14-11-8-5-2/h60H,4-59H2,1-3H3. The van der Waals surface area contributed by atoms with E-state index in [1.54, 1.807) is 0 Å². The zero-order chi connectivity index (χ0) is 50.0. The van der Waals surface area contributed by atoms with Crippen molar-refractivity contribution in [1.29, 1.82) is 0 Å². The number of carbonyl (C=O) groups excluding carboxylic acids is 3. The summed E-state index contributed by atoms with van der Waals surface area (Å²) in [6, 6.07) is 0. The lowest BCUT2D eigenvalue weighted by Crippen LogP contribution is -2.30. The van der Waals surface area contributed by atoms with Crippen molar-refractivity contribution in [2.24, 2.45) is 0 Å². The number of rotatable bonds is 59. The molecule has 6 heteroatoms. The summed E-state index contributed by atoms with van der Waals surface area (Å²) in [6.07, 6.45) is 66.9. The van der Waals surface area contributed by atoms with Crippen molar-refractivity contribution in [1.82, 2.24) is 0 Å². The molecule has 69 heavy (non-hydrogen) atoms. The van der Waals surface area contributed by atoms with E-state index in [0.717, 1.165) is 57.8 Å². The van der Waals surface area contributed by atoms with Crippen LogP contribution in [-0.4, -0.2) is 37.2 Å². The van der Waals surface area contributed by atoms with Crippen LogP contribution in [0.2, 0.25) is 0 Å². The van der Waals surface area contributed by atoms with E-state index >= 15 is 0 Å². The Labute approximate surface area is 431 Å².